The van der Waals surface area contributed by atoms with Crippen molar-refractivity contribution in [2.75, 3.05) is 0 Å². The van der Waals surface area contributed by atoms with Crippen molar-refractivity contribution in [1.82, 2.24) is 0 Å². The summed E-state index contributed by atoms with van der Waals surface area (Å²) in [5.74, 6) is 1.55. The number of aryl methyl sites for hydroxylation is 1. The van der Waals surface area contributed by atoms with Gasteiger partial charge in [-0.15, -0.1) is 0 Å². The smallest absolute Gasteiger partial charge is 0.0159 e. The van der Waals surface area contributed by atoms with E-state index >= 15 is 0 Å². The molecule has 0 nitrogen and oxygen atoms in total. The second-order valence-corrected chi connectivity index (χ2v) is 4.54. The molecule has 13 heavy (non-hydrogen) atoms. The van der Waals surface area contributed by atoms with Gasteiger partial charge in [-0.3, -0.25) is 0 Å². The number of rotatable bonds is 2. The van der Waals surface area contributed by atoms with Crippen molar-refractivity contribution in [3.8, 4) is 0 Å². The average Bonchev–Trinajstić information content (AvgIpc) is 2.87. The molecule has 0 bridgehead atoms. The molecule has 0 aromatic heterocycles. The zero-order chi connectivity index (χ0) is 9.42. The molecule has 1 aliphatic rings. The third kappa shape index (κ3) is 1.77. The molecule has 0 unspecified atom stereocenters. The Bertz CT molecular complexity index is 306. The minimum Gasteiger partial charge on any atom is -0.0587 e. The van der Waals surface area contributed by atoms with E-state index in [4.69, 9.17) is 0 Å². The topological polar surface area (TPSA) is 0 Å². The second-order valence-electron chi connectivity index (χ2n) is 4.54. The fourth-order valence-corrected chi connectivity index (χ4v) is 1.91. The minimum absolute atomic E-state index is 0.659. The van der Waals surface area contributed by atoms with Gasteiger partial charge >= 0.3 is 0 Å². The van der Waals surface area contributed by atoms with Gasteiger partial charge in [0.25, 0.3) is 0 Å². The fraction of sp³-hybridized carbons (Fsp3) is 0.538. The molecule has 2 rings (SSSR count). The van der Waals surface area contributed by atoms with E-state index in [0.717, 1.165) is 5.92 Å². The molecule has 0 aliphatic heterocycles. The van der Waals surface area contributed by atoms with Gasteiger partial charge in [0, 0.05) is 0 Å². The van der Waals surface area contributed by atoms with E-state index in [1.54, 1.807) is 5.56 Å². The maximum Gasteiger partial charge on any atom is -0.0159 e. The molecule has 1 aliphatic carbocycles. The van der Waals surface area contributed by atoms with Crippen LogP contribution < -0.4 is 0 Å². The molecule has 0 saturated heterocycles. The fourth-order valence-electron chi connectivity index (χ4n) is 1.91. The molecule has 0 atom stereocenters. The Hall–Kier alpha value is -0.780. The lowest BCUT2D eigenvalue weighted by atomic mass is 9.96. The molecule has 1 aromatic rings. The molecule has 1 saturated carbocycles. The van der Waals surface area contributed by atoms with Crippen LogP contribution >= 0.6 is 0 Å². The number of hydrogen-bond acceptors (Lipinski definition) is 0. The summed E-state index contributed by atoms with van der Waals surface area (Å²) in [4.78, 5) is 0. The Labute approximate surface area is 81.0 Å². The summed E-state index contributed by atoms with van der Waals surface area (Å²) < 4.78 is 0. The van der Waals surface area contributed by atoms with Crippen molar-refractivity contribution in [2.24, 2.45) is 0 Å². The van der Waals surface area contributed by atoms with E-state index in [9.17, 15) is 0 Å². The van der Waals surface area contributed by atoms with Gasteiger partial charge in [0.05, 0.1) is 0 Å². The Kier molecular flexibility index (Phi) is 2.15. The zero-order valence-electron chi connectivity index (χ0n) is 8.80. The number of benzene rings is 1. The first kappa shape index (κ1) is 8.80. The van der Waals surface area contributed by atoms with Gasteiger partial charge in [-0.25, -0.2) is 0 Å². The lowest BCUT2D eigenvalue weighted by Crippen LogP contribution is -1.91. The van der Waals surface area contributed by atoms with Crippen molar-refractivity contribution in [3.63, 3.8) is 0 Å². The summed E-state index contributed by atoms with van der Waals surface area (Å²) in [5.41, 5.74) is 4.56. The van der Waals surface area contributed by atoms with Gasteiger partial charge in [0.15, 0.2) is 0 Å². The zero-order valence-corrected chi connectivity index (χ0v) is 8.80. The maximum absolute atomic E-state index is 2.36. The van der Waals surface area contributed by atoms with E-state index < -0.39 is 0 Å². The first-order valence-corrected chi connectivity index (χ1v) is 5.29. The summed E-state index contributed by atoms with van der Waals surface area (Å²) in [5, 5.41) is 0. The van der Waals surface area contributed by atoms with Gasteiger partial charge in [0.1, 0.15) is 0 Å². The van der Waals surface area contributed by atoms with Crippen LogP contribution in [-0.4, -0.2) is 0 Å². The molecule has 70 valence electrons. The average molecular weight is 174 g/mol. The molecule has 0 heterocycles. The van der Waals surface area contributed by atoms with Crippen LogP contribution in [0, 0.1) is 6.92 Å². The van der Waals surface area contributed by atoms with Crippen LogP contribution in [0.1, 0.15) is 55.2 Å². The summed E-state index contributed by atoms with van der Waals surface area (Å²) in [6, 6.07) is 6.99. The minimum atomic E-state index is 0.659. The Balaban J connectivity index is 2.31. The van der Waals surface area contributed by atoms with Crippen molar-refractivity contribution in [1.29, 1.82) is 0 Å². The Morgan fingerprint density at radius 3 is 2.38 bits per heavy atom. The third-order valence-electron chi connectivity index (χ3n) is 2.98. The highest BCUT2D eigenvalue weighted by Crippen LogP contribution is 2.41. The lowest BCUT2D eigenvalue weighted by Gasteiger charge is -2.09. The maximum atomic E-state index is 2.36. The van der Waals surface area contributed by atoms with Gasteiger partial charge in [-0.2, -0.15) is 0 Å². The van der Waals surface area contributed by atoms with Gasteiger partial charge in [-0.05, 0) is 48.3 Å². The summed E-state index contributed by atoms with van der Waals surface area (Å²) in [7, 11) is 0. The number of hydrogen-bond donors (Lipinski definition) is 0. The SMILES string of the molecule is Cc1cc(C(C)C)ccc1C1CC1. The lowest BCUT2D eigenvalue weighted by molar-refractivity contribution is 0.862. The van der Waals surface area contributed by atoms with Crippen molar-refractivity contribution >= 4 is 0 Å². The Morgan fingerprint density at radius 1 is 1.23 bits per heavy atom. The molecular weight excluding hydrogens is 156 g/mol. The molecule has 0 spiro atoms. The van der Waals surface area contributed by atoms with Crippen LogP contribution in [0.15, 0.2) is 18.2 Å². The van der Waals surface area contributed by atoms with E-state index in [0.29, 0.717) is 5.92 Å². The van der Waals surface area contributed by atoms with E-state index in [1.807, 2.05) is 0 Å². The van der Waals surface area contributed by atoms with Crippen LogP contribution in [0.3, 0.4) is 0 Å². The molecule has 1 aromatic carbocycles. The van der Waals surface area contributed by atoms with Gasteiger partial charge in [-0.1, -0.05) is 32.0 Å². The predicted molar refractivity (Wildman–Crippen MR) is 57.2 cm³/mol. The van der Waals surface area contributed by atoms with Gasteiger partial charge in [0.2, 0.25) is 0 Å². The first-order chi connectivity index (χ1) is 6.18. The van der Waals surface area contributed by atoms with Crippen molar-refractivity contribution in [3.05, 3.63) is 34.9 Å². The van der Waals surface area contributed by atoms with Crippen LogP contribution in [0.25, 0.3) is 0 Å². The second kappa shape index (κ2) is 3.17. The van der Waals surface area contributed by atoms with Crippen molar-refractivity contribution < 1.29 is 0 Å². The highest BCUT2D eigenvalue weighted by Gasteiger charge is 2.24. The molecule has 1 fully saturated rings. The van der Waals surface area contributed by atoms with E-state index in [2.05, 4.69) is 39.0 Å². The van der Waals surface area contributed by atoms with Crippen LogP contribution in [0.4, 0.5) is 0 Å². The molecule has 0 heteroatoms. The van der Waals surface area contributed by atoms with Crippen LogP contribution in [0.5, 0.6) is 0 Å². The molecule has 0 N–H and O–H groups in total. The van der Waals surface area contributed by atoms with E-state index in [-0.39, 0.29) is 0 Å². The Morgan fingerprint density at radius 2 is 1.92 bits per heavy atom. The standard InChI is InChI=1S/C13H18/c1-9(2)12-6-7-13(10(3)8-12)11-4-5-11/h6-9,11H,4-5H2,1-3H3. The molecule has 0 radical (unpaired) electrons. The predicted octanol–water partition coefficient (Wildman–Crippen LogP) is 4.00. The largest absolute Gasteiger partial charge is 0.0587 e. The van der Waals surface area contributed by atoms with E-state index in [1.165, 1.54) is 24.0 Å². The van der Waals surface area contributed by atoms with Gasteiger partial charge < -0.3 is 0 Å². The summed E-state index contributed by atoms with van der Waals surface area (Å²) in [6.45, 7) is 6.76. The molecular formula is C13H18. The normalized spacial score (nSPS) is 16.6. The molecule has 0 amide bonds. The monoisotopic (exact) mass is 174 g/mol. The van der Waals surface area contributed by atoms with Crippen LogP contribution in [-0.2, 0) is 0 Å². The third-order valence-corrected chi connectivity index (χ3v) is 2.98. The summed E-state index contributed by atoms with van der Waals surface area (Å²) >= 11 is 0. The quantitative estimate of drug-likeness (QED) is 0.635. The highest BCUT2D eigenvalue weighted by atomic mass is 14.3. The van der Waals surface area contributed by atoms with Crippen molar-refractivity contribution in [2.45, 2.75) is 45.4 Å². The first-order valence-electron chi connectivity index (χ1n) is 5.29. The summed E-state index contributed by atoms with van der Waals surface area (Å²) in [6.07, 6.45) is 2.81. The van der Waals surface area contributed by atoms with Crippen LogP contribution in [0.2, 0.25) is 0 Å². The highest BCUT2D eigenvalue weighted by molar-refractivity contribution is 5.36.